The highest BCUT2D eigenvalue weighted by molar-refractivity contribution is 6.89. The molecule has 0 fully saturated rings. The molecule has 4 heterocycles. The minimum Gasteiger partial charge on any atom is -0.294 e. The number of aromatic nitrogens is 4. The Labute approximate surface area is 373 Å². The molecule has 0 saturated heterocycles. The second kappa shape index (κ2) is 13.8. The first-order chi connectivity index (χ1) is 30.3. The van der Waals surface area contributed by atoms with Crippen LogP contribution < -0.4 is 10.4 Å². The fourth-order valence-corrected chi connectivity index (χ4v) is 13.8. The van der Waals surface area contributed by atoms with Crippen molar-refractivity contribution in [1.82, 2.24) is 18.9 Å². The summed E-state index contributed by atoms with van der Waals surface area (Å²) in [5, 5.41) is 7.17. The van der Waals surface area contributed by atoms with E-state index in [1.54, 1.807) is 0 Å². The van der Waals surface area contributed by atoms with Crippen LogP contribution in [-0.2, 0) is 32.1 Å². The molecule has 0 spiro atoms. The topological polar surface area (TPSA) is 27.7 Å². The minimum absolute atomic E-state index is 0.343. The highest BCUT2D eigenvalue weighted by Gasteiger charge is 2.35. The van der Waals surface area contributed by atoms with Crippen LogP contribution in [0.5, 0.6) is 0 Å². The molecule has 3 aliphatic rings. The zero-order valence-corrected chi connectivity index (χ0v) is 40.0. The van der Waals surface area contributed by atoms with Crippen LogP contribution in [-0.4, -0.2) is 35.1 Å². The number of nitrogens with zero attached hydrogens (tertiary/aromatic N) is 4. The maximum atomic E-state index is 5.09. The van der Waals surface area contributed by atoms with Crippen molar-refractivity contribution < 1.29 is 0 Å². The predicted molar refractivity (Wildman–Crippen MR) is 272 cm³/mol. The Balaban J connectivity index is 1.09. The maximum Gasteiger partial charge on any atom is 0.137 e. The Morgan fingerprint density at radius 3 is 2.02 bits per heavy atom. The van der Waals surface area contributed by atoms with E-state index in [1.807, 2.05) is 6.20 Å². The third-order valence-electron chi connectivity index (χ3n) is 14.7. The van der Waals surface area contributed by atoms with Gasteiger partial charge in [0.2, 0.25) is 0 Å². The molecule has 312 valence electrons. The summed E-state index contributed by atoms with van der Waals surface area (Å²) < 4.78 is 7.39. The van der Waals surface area contributed by atoms with Gasteiger partial charge in [-0.25, -0.2) is 9.66 Å². The van der Waals surface area contributed by atoms with Crippen LogP contribution >= 0.6 is 0 Å². The lowest BCUT2D eigenvalue weighted by Gasteiger charge is -2.31. The summed E-state index contributed by atoms with van der Waals surface area (Å²) >= 11 is 0. The molecule has 5 aromatic carbocycles. The van der Waals surface area contributed by atoms with Crippen molar-refractivity contribution in [2.75, 3.05) is 0 Å². The molecule has 0 saturated carbocycles. The molecule has 4 nitrogen and oxygen atoms in total. The van der Waals surface area contributed by atoms with Gasteiger partial charge in [0, 0.05) is 40.7 Å². The summed E-state index contributed by atoms with van der Waals surface area (Å²) in [5.41, 5.74) is 22.3. The van der Waals surface area contributed by atoms with Gasteiger partial charge in [0.1, 0.15) is 5.82 Å². The number of benzene rings is 5. The third-order valence-corrected chi connectivity index (χ3v) is 18.8. The van der Waals surface area contributed by atoms with Gasteiger partial charge in [-0.2, -0.15) is 0 Å². The molecule has 12 rings (SSSR count). The van der Waals surface area contributed by atoms with Crippen molar-refractivity contribution in [2.24, 2.45) is 0 Å². The lowest BCUT2D eigenvalue weighted by atomic mass is 9.73. The first-order valence-corrected chi connectivity index (χ1v) is 30.1. The number of rotatable bonds is 6. The van der Waals surface area contributed by atoms with Crippen molar-refractivity contribution in [3.8, 4) is 28.1 Å². The maximum absolute atomic E-state index is 5.09. The fraction of sp³-hybridized carbons (Fsp3) is 0.246. The van der Waals surface area contributed by atoms with Crippen LogP contribution in [0, 0.1) is 13.8 Å². The van der Waals surface area contributed by atoms with Crippen LogP contribution in [0.2, 0.25) is 39.3 Å². The van der Waals surface area contributed by atoms with Crippen molar-refractivity contribution in [3.05, 3.63) is 172 Å². The van der Waals surface area contributed by atoms with Crippen molar-refractivity contribution >= 4 is 65.3 Å². The van der Waals surface area contributed by atoms with Gasteiger partial charge in [0.25, 0.3) is 0 Å². The summed E-state index contributed by atoms with van der Waals surface area (Å²) in [6.45, 7) is 19.1. The van der Waals surface area contributed by atoms with Crippen molar-refractivity contribution in [1.29, 1.82) is 0 Å². The molecule has 0 radical (unpaired) electrons. The Morgan fingerprint density at radius 1 is 0.603 bits per heavy atom. The summed E-state index contributed by atoms with van der Waals surface area (Å²) in [4.78, 5) is 5.09. The molecule has 0 bridgehead atoms. The number of hydrogen-bond acceptors (Lipinski definition) is 1. The number of aryl methyl sites for hydroxylation is 6. The third kappa shape index (κ3) is 6.01. The first kappa shape index (κ1) is 38.7. The largest absolute Gasteiger partial charge is 0.294 e. The van der Waals surface area contributed by atoms with Crippen molar-refractivity contribution in [3.63, 3.8) is 0 Å². The van der Waals surface area contributed by atoms with E-state index < -0.39 is 16.1 Å². The molecule has 6 heteroatoms. The molecule has 1 unspecified atom stereocenters. The smallest absolute Gasteiger partial charge is 0.137 e. The van der Waals surface area contributed by atoms with Crippen LogP contribution in [0.15, 0.2) is 122 Å². The molecular weight excluding hydrogens is 797 g/mol. The van der Waals surface area contributed by atoms with Gasteiger partial charge in [-0.15, -0.1) is 0 Å². The normalized spacial score (nSPS) is 15.7. The molecular formula is C57H56N4Si2. The monoisotopic (exact) mass is 852 g/mol. The quantitative estimate of drug-likeness (QED) is 0.153. The second-order valence-corrected chi connectivity index (χ2v) is 31.1. The number of allylic oxidation sites excluding steroid dienone is 1. The van der Waals surface area contributed by atoms with E-state index in [4.69, 9.17) is 4.98 Å². The van der Waals surface area contributed by atoms with E-state index >= 15 is 0 Å². The summed E-state index contributed by atoms with van der Waals surface area (Å²) in [6, 6.07) is 37.9. The van der Waals surface area contributed by atoms with Gasteiger partial charge in [-0.1, -0.05) is 110 Å². The second-order valence-electron chi connectivity index (χ2n) is 21.0. The molecule has 4 aromatic heterocycles. The highest BCUT2D eigenvalue weighted by Crippen LogP contribution is 2.51. The van der Waals surface area contributed by atoms with Crippen LogP contribution in [0.4, 0.5) is 0 Å². The Bertz CT molecular complexity index is 3430. The van der Waals surface area contributed by atoms with Gasteiger partial charge >= 0.3 is 0 Å². The number of hydrogen-bond donors (Lipinski definition) is 0. The van der Waals surface area contributed by atoms with Gasteiger partial charge in [0.15, 0.2) is 0 Å². The molecule has 0 aliphatic heterocycles. The Morgan fingerprint density at radius 2 is 1.30 bits per heavy atom. The van der Waals surface area contributed by atoms with Gasteiger partial charge in [-0.05, 0) is 161 Å². The number of pyridine rings is 1. The molecule has 0 amide bonds. The van der Waals surface area contributed by atoms with E-state index in [-0.39, 0.29) is 0 Å². The fourth-order valence-electron chi connectivity index (χ4n) is 11.4. The molecule has 9 aromatic rings. The van der Waals surface area contributed by atoms with Crippen LogP contribution in [0.1, 0.15) is 56.1 Å². The predicted octanol–water partition coefficient (Wildman–Crippen LogP) is 12.8. The SMILES string of the molecule is Cc1ccnc(-n2c3c(c4cc5c6c(c42)CCc2cc4c7cc(-c8cccc([Si](C)(C)C)c8)ccc7n(-n7ccc(C)c7)c4c(c2-6)CC5)CC(c2cccc([Si](C)(C)C)c2)C=C3)c1. The standard InChI is InChI=1S/C57H56N4Si2/c1-35-23-25-58-53(27-35)60-51-21-17-39(37-11-9-13-43(28-37)62(3,4)5)30-47(51)49-32-41-16-20-46-55-42(15-19-45(54(41)55)56(49)60)33-50-48-31-40(38-12-10-14-44(29-38)63(6,7)8)18-22-52(48)61(57(46)50)59-26-24-36(2)34-59/h9-14,17-18,21-29,31-34,39H,15-16,19-20,30H2,1-8H3. The summed E-state index contributed by atoms with van der Waals surface area (Å²) in [5.74, 6) is 1.36. The van der Waals surface area contributed by atoms with Crippen molar-refractivity contribution in [2.45, 2.75) is 91.2 Å². The minimum atomic E-state index is -1.47. The lowest BCUT2D eigenvalue weighted by Crippen LogP contribution is -2.37. The zero-order chi connectivity index (χ0) is 43.1. The first-order valence-electron chi connectivity index (χ1n) is 23.1. The van der Waals surface area contributed by atoms with Crippen LogP contribution in [0.3, 0.4) is 0 Å². The summed E-state index contributed by atoms with van der Waals surface area (Å²) in [6.07, 6.45) is 16.5. The molecule has 1 atom stereocenters. The van der Waals surface area contributed by atoms with E-state index in [0.717, 1.165) is 37.9 Å². The Hall–Kier alpha value is -5.96. The van der Waals surface area contributed by atoms with E-state index in [2.05, 4.69) is 189 Å². The van der Waals surface area contributed by atoms with E-state index in [1.165, 1.54) is 116 Å². The zero-order valence-electron chi connectivity index (χ0n) is 38.0. The van der Waals surface area contributed by atoms with Crippen LogP contribution in [0.25, 0.3) is 66.9 Å². The summed E-state index contributed by atoms with van der Waals surface area (Å²) in [7, 11) is -2.92. The molecule has 3 aliphatic carbocycles. The van der Waals surface area contributed by atoms with Gasteiger partial charge < -0.3 is 0 Å². The average Bonchev–Trinajstić information content (AvgIpc) is 3.95. The van der Waals surface area contributed by atoms with Gasteiger partial charge in [0.05, 0.1) is 38.4 Å². The molecule has 63 heavy (non-hydrogen) atoms. The lowest BCUT2D eigenvalue weighted by molar-refractivity contribution is 0.712. The highest BCUT2D eigenvalue weighted by atomic mass is 28.3. The molecule has 0 N–H and O–H groups in total. The van der Waals surface area contributed by atoms with E-state index in [9.17, 15) is 0 Å². The number of fused-ring (bicyclic) bond motifs is 8. The van der Waals surface area contributed by atoms with E-state index in [0.29, 0.717) is 5.92 Å². The van der Waals surface area contributed by atoms with Gasteiger partial charge in [-0.3, -0.25) is 9.24 Å². The Kier molecular flexibility index (Phi) is 8.46. The average molecular weight is 853 g/mol.